The van der Waals surface area contributed by atoms with Gasteiger partial charge in [-0.3, -0.25) is 0 Å². The molecule has 0 aliphatic carbocycles. The van der Waals surface area contributed by atoms with Gasteiger partial charge in [-0.15, -0.1) is 0 Å². The third-order valence-electron chi connectivity index (χ3n) is 6.22. The average Bonchev–Trinajstić information content (AvgIpc) is 2.72. The fraction of sp³-hybridized carbons (Fsp3) is 0.462. The number of sulfone groups is 1. The van der Waals surface area contributed by atoms with Crippen molar-refractivity contribution in [2.24, 2.45) is 5.92 Å². The van der Waals surface area contributed by atoms with E-state index in [0.29, 0.717) is 17.7 Å². The molecule has 5 nitrogen and oxygen atoms in total. The van der Waals surface area contributed by atoms with Gasteiger partial charge in [-0.1, -0.05) is 57.2 Å². The first kappa shape index (κ1) is 25.4. The van der Waals surface area contributed by atoms with Crippen LogP contribution in [0.25, 0.3) is 6.08 Å². The predicted octanol–water partition coefficient (Wildman–Crippen LogP) is 3.84. The van der Waals surface area contributed by atoms with Crippen LogP contribution in [0.1, 0.15) is 49.9 Å². The quantitative estimate of drug-likeness (QED) is 0.553. The number of allylic oxidation sites excluding steroid dienone is 1. The average molecular weight is 475 g/mol. The summed E-state index contributed by atoms with van der Waals surface area (Å²) in [4.78, 5) is 0. The van der Waals surface area contributed by atoms with E-state index in [1.807, 2.05) is 19.1 Å². The van der Waals surface area contributed by atoms with E-state index in [1.165, 1.54) is 11.6 Å². The van der Waals surface area contributed by atoms with E-state index in [2.05, 4.69) is 38.2 Å². The zero-order valence-corrected chi connectivity index (χ0v) is 20.6. The van der Waals surface area contributed by atoms with E-state index >= 15 is 0 Å². The molecule has 2 aromatic rings. The zero-order chi connectivity index (χ0) is 24.4. The summed E-state index contributed by atoms with van der Waals surface area (Å²) >= 11 is 0. The van der Waals surface area contributed by atoms with Gasteiger partial charge in [-0.05, 0) is 47.6 Å². The minimum Gasteiger partial charge on any atom is -0.396 e. The Labute approximate surface area is 196 Å². The fourth-order valence-electron chi connectivity index (χ4n) is 4.39. The molecule has 1 aliphatic heterocycles. The molecule has 0 saturated carbocycles. The van der Waals surface area contributed by atoms with Crippen LogP contribution >= 0.6 is 0 Å². The molecular weight excluding hydrogens is 439 g/mol. The van der Waals surface area contributed by atoms with Crippen LogP contribution in [0.4, 0.5) is 10.1 Å². The van der Waals surface area contributed by atoms with Crippen LogP contribution in [0.3, 0.4) is 0 Å². The fourth-order valence-corrected chi connectivity index (χ4v) is 6.35. The third-order valence-corrected chi connectivity index (χ3v) is 8.03. The Morgan fingerprint density at radius 3 is 2.58 bits per heavy atom. The van der Waals surface area contributed by atoms with Crippen molar-refractivity contribution in [1.29, 1.82) is 0 Å². The molecule has 3 atom stereocenters. The minimum absolute atomic E-state index is 0.00890. The number of aliphatic hydroxyl groups is 1. The molecule has 33 heavy (non-hydrogen) atoms. The number of benzene rings is 2. The zero-order valence-electron chi connectivity index (χ0n) is 19.8. The van der Waals surface area contributed by atoms with Gasteiger partial charge in [0.1, 0.15) is 5.82 Å². The summed E-state index contributed by atoms with van der Waals surface area (Å²) in [6.45, 7) is 8.70. The van der Waals surface area contributed by atoms with E-state index < -0.39 is 33.7 Å². The highest BCUT2D eigenvalue weighted by atomic mass is 32.2. The van der Waals surface area contributed by atoms with E-state index in [0.717, 1.165) is 5.56 Å². The summed E-state index contributed by atoms with van der Waals surface area (Å²) in [6.07, 6.45) is 2.86. The topological polar surface area (TPSA) is 92.4 Å². The Kier molecular flexibility index (Phi) is 7.66. The molecule has 0 amide bonds. The summed E-state index contributed by atoms with van der Waals surface area (Å²) in [7, 11) is -3.36. The van der Waals surface area contributed by atoms with Crippen LogP contribution in [0.2, 0.25) is 0 Å². The lowest BCUT2D eigenvalue weighted by Crippen LogP contribution is -2.54. The number of nitrogen functional groups attached to an aromatic ring is 1. The highest BCUT2D eigenvalue weighted by Crippen LogP contribution is 2.28. The second-order valence-corrected chi connectivity index (χ2v) is 12.2. The van der Waals surface area contributed by atoms with Gasteiger partial charge in [-0.25, -0.2) is 12.8 Å². The molecular formula is C26H35FN2O3S. The highest BCUT2D eigenvalue weighted by molar-refractivity contribution is 7.91. The van der Waals surface area contributed by atoms with Crippen LogP contribution in [0.5, 0.6) is 0 Å². The summed E-state index contributed by atoms with van der Waals surface area (Å²) < 4.78 is 39.6. The van der Waals surface area contributed by atoms with E-state index in [-0.39, 0.29) is 29.0 Å². The maximum atomic E-state index is 14.3. The molecule has 3 rings (SSSR count). The number of aliphatic hydroxyl groups excluding tert-OH is 1. The molecule has 1 heterocycles. The molecule has 0 aromatic heterocycles. The van der Waals surface area contributed by atoms with Gasteiger partial charge in [0.2, 0.25) is 0 Å². The van der Waals surface area contributed by atoms with Crippen molar-refractivity contribution in [3.8, 4) is 0 Å². The van der Waals surface area contributed by atoms with Crippen LogP contribution in [-0.4, -0.2) is 37.2 Å². The number of hydrogen-bond acceptors (Lipinski definition) is 5. The van der Waals surface area contributed by atoms with Gasteiger partial charge in [0.25, 0.3) is 0 Å². The van der Waals surface area contributed by atoms with Gasteiger partial charge in [0, 0.05) is 24.1 Å². The summed E-state index contributed by atoms with van der Waals surface area (Å²) in [5, 5.41) is 14.3. The third kappa shape index (κ3) is 6.43. The molecule has 0 unspecified atom stereocenters. The first-order valence-electron chi connectivity index (χ1n) is 11.3. The number of nitrogens with one attached hydrogen (secondary N) is 1. The summed E-state index contributed by atoms with van der Waals surface area (Å²) in [6, 6.07) is 10.7. The smallest absolute Gasteiger partial charge is 0.152 e. The molecule has 180 valence electrons. The van der Waals surface area contributed by atoms with Crippen molar-refractivity contribution in [3.05, 3.63) is 70.5 Å². The Hall–Kier alpha value is -2.22. The summed E-state index contributed by atoms with van der Waals surface area (Å²) in [5.74, 6) is -1.33. The standard InChI is InChI=1S/C26H35FN2O3S/c1-5-7-19-10-18(13-22(27)24(19)28)11-20-15-33(31,32)16-23(25(20)30)29-14-17-8-6-9-21(12-17)26(2,3)4/h5-10,12-13,20,23,25,29-30H,11,14-16,28H2,1-4H3/b7-5-/t20-,23+,25+/m1/s1. The number of rotatable bonds is 6. The van der Waals surface area contributed by atoms with Crippen molar-refractivity contribution in [3.63, 3.8) is 0 Å². The molecule has 4 N–H and O–H groups in total. The van der Waals surface area contributed by atoms with Crippen LogP contribution < -0.4 is 11.1 Å². The summed E-state index contributed by atoms with van der Waals surface area (Å²) in [5.41, 5.74) is 9.28. The molecule has 7 heteroatoms. The van der Waals surface area contributed by atoms with E-state index in [1.54, 1.807) is 18.2 Å². The van der Waals surface area contributed by atoms with Crippen LogP contribution in [-0.2, 0) is 28.2 Å². The molecule has 0 bridgehead atoms. The molecule has 2 aromatic carbocycles. The van der Waals surface area contributed by atoms with Crippen LogP contribution in [0.15, 0.2) is 42.5 Å². The second kappa shape index (κ2) is 9.95. The Morgan fingerprint density at radius 2 is 1.91 bits per heavy atom. The Bertz CT molecular complexity index is 1120. The SMILES string of the molecule is C/C=C\c1cc(C[C@@H]2CS(=O)(=O)C[C@H](NCc3cccc(C(C)(C)C)c3)[C@H]2O)cc(F)c1N. The van der Waals surface area contributed by atoms with Gasteiger partial charge in [0.15, 0.2) is 9.84 Å². The van der Waals surface area contributed by atoms with Crippen molar-refractivity contribution in [2.75, 3.05) is 17.2 Å². The monoisotopic (exact) mass is 474 g/mol. The minimum atomic E-state index is -3.36. The molecule has 1 saturated heterocycles. The van der Waals surface area contributed by atoms with Gasteiger partial charge in [0.05, 0.1) is 23.3 Å². The van der Waals surface area contributed by atoms with Gasteiger partial charge < -0.3 is 16.2 Å². The van der Waals surface area contributed by atoms with Gasteiger partial charge >= 0.3 is 0 Å². The Morgan fingerprint density at radius 1 is 1.18 bits per heavy atom. The largest absolute Gasteiger partial charge is 0.396 e. The lowest BCUT2D eigenvalue weighted by Gasteiger charge is -2.35. The molecule has 1 aliphatic rings. The predicted molar refractivity (Wildman–Crippen MR) is 133 cm³/mol. The second-order valence-electron chi connectivity index (χ2n) is 10.1. The maximum absolute atomic E-state index is 14.3. The van der Waals surface area contributed by atoms with Gasteiger partial charge in [-0.2, -0.15) is 0 Å². The first-order valence-corrected chi connectivity index (χ1v) is 13.1. The first-order chi connectivity index (χ1) is 15.4. The molecule has 1 fully saturated rings. The molecule has 0 spiro atoms. The lowest BCUT2D eigenvalue weighted by molar-refractivity contribution is 0.0781. The van der Waals surface area contributed by atoms with E-state index in [4.69, 9.17) is 5.73 Å². The molecule has 0 radical (unpaired) electrons. The van der Waals surface area contributed by atoms with Crippen molar-refractivity contribution < 1.29 is 17.9 Å². The van der Waals surface area contributed by atoms with Crippen molar-refractivity contribution in [1.82, 2.24) is 5.32 Å². The number of nitrogens with two attached hydrogens (primary N) is 1. The Balaban J connectivity index is 1.77. The van der Waals surface area contributed by atoms with E-state index in [9.17, 15) is 17.9 Å². The normalized spacial score (nSPS) is 23.2. The lowest BCUT2D eigenvalue weighted by atomic mass is 9.86. The highest BCUT2D eigenvalue weighted by Gasteiger charge is 2.39. The van der Waals surface area contributed by atoms with Crippen molar-refractivity contribution in [2.45, 2.75) is 58.2 Å². The maximum Gasteiger partial charge on any atom is 0.152 e. The number of anilines is 1. The van der Waals surface area contributed by atoms with Crippen molar-refractivity contribution >= 4 is 21.6 Å². The van der Waals surface area contributed by atoms with Crippen LogP contribution in [0, 0.1) is 11.7 Å². The number of hydrogen-bond donors (Lipinski definition) is 3. The number of halogens is 1.